The minimum atomic E-state index is -0.211. The van der Waals surface area contributed by atoms with Crippen LogP contribution in [0.3, 0.4) is 0 Å². The SMILES string of the molecule is Cc1ccc2oc(C(=O)N3CCOCC3(C)C3CC3)cc2n1. The van der Waals surface area contributed by atoms with Crippen LogP contribution in [-0.2, 0) is 4.74 Å². The molecular weight excluding hydrogens is 280 g/mol. The Morgan fingerprint density at radius 2 is 2.23 bits per heavy atom. The number of pyridine rings is 1. The Balaban J connectivity index is 1.69. The first-order valence-electron chi connectivity index (χ1n) is 7.85. The summed E-state index contributed by atoms with van der Waals surface area (Å²) in [5, 5.41) is 0. The van der Waals surface area contributed by atoms with Crippen LogP contribution in [0, 0.1) is 12.8 Å². The zero-order valence-corrected chi connectivity index (χ0v) is 13.0. The third-order valence-electron chi connectivity index (χ3n) is 4.90. The number of fused-ring (bicyclic) bond motifs is 1. The molecule has 5 nitrogen and oxygen atoms in total. The Kier molecular flexibility index (Phi) is 3.01. The van der Waals surface area contributed by atoms with Crippen LogP contribution >= 0.6 is 0 Å². The lowest BCUT2D eigenvalue weighted by molar-refractivity contribution is -0.0557. The second-order valence-corrected chi connectivity index (χ2v) is 6.59. The molecule has 0 radical (unpaired) electrons. The molecule has 1 saturated heterocycles. The molecule has 0 spiro atoms. The largest absolute Gasteiger partial charge is 0.449 e. The average molecular weight is 300 g/mol. The summed E-state index contributed by atoms with van der Waals surface area (Å²) in [5.41, 5.74) is 2.11. The lowest BCUT2D eigenvalue weighted by atomic mass is 9.92. The predicted octanol–water partition coefficient (Wildman–Crippen LogP) is 2.78. The van der Waals surface area contributed by atoms with Crippen molar-refractivity contribution in [1.82, 2.24) is 9.88 Å². The topological polar surface area (TPSA) is 55.6 Å². The van der Waals surface area contributed by atoms with Crippen LogP contribution in [0.25, 0.3) is 11.1 Å². The van der Waals surface area contributed by atoms with Crippen molar-refractivity contribution >= 4 is 17.0 Å². The minimum Gasteiger partial charge on any atom is -0.449 e. The van der Waals surface area contributed by atoms with E-state index in [4.69, 9.17) is 9.15 Å². The van der Waals surface area contributed by atoms with Gasteiger partial charge in [0.15, 0.2) is 11.3 Å². The van der Waals surface area contributed by atoms with Gasteiger partial charge in [0.2, 0.25) is 0 Å². The summed E-state index contributed by atoms with van der Waals surface area (Å²) in [7, 11) is 0. The van der Waals surface area contributed by atoms with E-state index in [1.807, 2.05) is 24.0 Å². The number of ether oxygens (including phenoxy) is 1. The maximum atomic E-state index is 13.0. The van der Waals surface area contributed by atoms with Gasteiger partial charge in [-0.15, -0.1) is 0 Å². The highest BCUT2D eigenvalue weighted by Gasteiger charge is 2.49. The van der Waals surface area contributed by atoms with Crippen molar-refractivity contribution < 1.29 is 13.9 Å². The number of aromatic nitrogens is 1. The fourth-order valence-corrected chi connectivity index (χ4v) is 3.41. The summed E-state index contributed by atoms with van der Waals surface area (Å²) in [6.07, 6.45) is 2.34. The smallest absolute Gasteiger partial charge is 0.290 e. The molecule has 116 valence electrons. The highest BCUT2D eigenvalue weighted by Crippen LogP contribution is 2.44. The maximum Gasteiger partial charge on any atom is 0.290 e. The number of hydrogen-bond donors (Lipinski definition) is 0. The number of rotatable bonds is 2. The van der Waals surface area contributed by atoms with Gasteiger partial charge in [0.1, 0.15) is 5.52 Å². The monoisotopic (exact) mass is 300 g/mol. The third kappa shape index (κ3) is 2.11. The van der Waals surface area contributed by atoms with E-state index in [-0.39, 0.29) is 11.4 Å². The molecule has 1 aliphatic heterocycles. The van der Waals surface area contributed by atoms with Gasteiger partial charge in [0.05, 0.1) is 18.8 Å². The van der Waals surface area contributed by atoms with E-state index in [1.54, 1.807) is 6.07 Å². The number of carbonyl (C=O) groups excluding carboxylic acids is 1. The van der Waals surface area contributed by atoms with Gasteiger partial charge < -0.3 is 14.1 Å². The second-order valence-electron chi connectivity index (χ2n) is 6.59. The Bertz CT molecular complexity index is 735. The van der Waals surface area contributed by atoms with E-state index in [0.29, 0.717) is 37.0 Å². The number of furan rings is 1. The molecule has 0 aromatic carbocycles. The minimum absolute atomic E-state index is 0.0478. The normalized spacial score (nSPS) is 25.6. The first kappa shape index (κ1) is 13.8. The molecule has 1 atom stereocenters. The summed E-state index contributed by atoms with van der Waals surface area (Å²) in [5.74, 6) is 0.872. The Morgan fingerprint density at radius 1 is 1.41 bits per heavy atom. The molecule has 2 aromatic rings. The summed E-state index contributed by atoms with van der Waals surface area (Å²) in [4.78, 5) is 19.3. The van der Waals surface area contributed by atoms with Crippen LogP contribution in [-0.4, -0.2) is 41.1 Å². The third-order valence-corrected chi connectivity index (χ3v) is 4.90. The van der Waals surface area contributed by atoms with Crippen LogP contribution in [0.5, 0.6) is 0 Å². The Labute approximate surface area is 129 Å². The summed E-state index contributed by atoms with van der Waals surface area (Å²) in [6, 6.07) is 5.52. The summed E-state index contributed by atoms with van der Waals surface area (Å²) < 4.78 is 11.4. The molecule has 4 rings (SSSR count). The van der Waals surface area contributed by atoms with Gasteiger partial charge in [-0.2, -0.15) is 0 Å². The van der Waals surface area contributed by atoms with E-state index in [9.17, 15) is 4.79 Å². The summed E-state index contributed by atoms with van der Waals surface area (Å²) >= 11 is 0. The summed E-state index contributed by atoms with van der Waals surface area (Å²) in [6.45, 7) is 5.88. The van der Waals surface area contributed by atoms with Gasteiger partial charge in [-0.05, 0) is 44.7 Å². The maximum absolute atomic E-state index is 13.0. The number of carbonyl (C=O) groups is 1. The molecule has 0 bridgehead atoms. The van der Waals surface area contributed by atoms with Gasteiger partial charge in [-0.1, -0.05) is 0 Å². The fourth-order valence-electron chi connectivity index (χ4n) is 3.41. The molecule has 1 unspecified atom stereocenters. The van der Waals surface area contributed by atoms with Gasteiger partial charge in [0.25, 0.3) is 5.91 Å². The van der Waals surface area contributed by atoms with Crippen LogP contribution in [0.15, 0.2) is 22.6 Å². The van der Waals surface area contributed by atoms with Gasteiger partial charge in [-0.25, -0.2) is 4.98 Å². The van der Waals surface area contributed by atoms with Crippen LogP contribution < -0.4 is 0 Å². The highest BCUT2D eigenvalue weighted by molar-refractivity contribution is 5.95. The molecule has 1 amide bonds. The molecule has 1 aliphatic carbocycles. The van der Waals surface area contributed by atoms with E-state index in [2.05, 4.69) is 11.9 Å². The standard InChI is InChI=1S/C17H20N2O3/c1-11-3-6-14-13(18-11)9-15(22-14)16(20)19-7-8-21-10-17(19,2)12-4-5-12/h3,6,9,12H,4-5,7-8,10H2,1-2H3. The number of morpholine rings is 1. The number of aryl methyl sites for hydroxylation is 1. The number of amides is 1. The number of hydrogen-bond acceptors (Lipinski definition) is 4. The van der Waals surface area contributed by atoms with Crippen LogP contribution in [0.2, 0.25) is 0 Å². The molecule has 1 saturated carbocycles. The average Bonchev–Trinajstić information content (AvgIpc) is 3.28. The first-order chi connectivity index (χ1) is 10.6. The lowest BCUT2D eigenvalue weighted by Gasteiger charge is -2.44. The molecular formula is C17H20N2O3. The molecule has 22 heavy (non-hydrogen) atoms. The number of nitrogens with zero attached hydrogens (tertiary/aromatic N) is 2. The zero-order chi connectivity index (χ0) is 15.3. The lowest BCUT2D eigenvalue weighted by Crippen LogP contribution is -2.58. The van der Waals surface area contributed by atoms with Crippen molar-refractivity contribution in [2.75, 3.05) is 19.8 Å². The Morgan fingerprint density at radius 3 is 3.00 bits per heavy atom. The Hall–Kier alpha value is -1.88. The quantitative estimate of drug-likeness (QED) is 0.856. The van der Waals surface area contributed by atoms with E-state index in [0.717, 1.165) is 11.2 Å². The molecule has 2 aromatic heterocycles. The van der Waals surface area contributed by atoms with E-state index in [1.165, 1.54) is 12.8 Å². The van der Waals surface area contributed by atoms with Crippen LogP contribution in [0.1, 0.15) is 36.0 Å². The highest BCUT2D eigenvalue weighted by atomic mass is 16.5. The molecule has 0 N–H and O–H groups in total. The molecule has 2 fully saturated rings. The van der Waals surface area contributed by atoms with Crippen molar-refractivity contribution in [2.45, 2.75) is 32.2 Å². The van der Waals surface area contributed by atoms with Gasteiger partial charge in [0, 0.05) is 18.3 Å². The van der Waals surface area contributed by atoms with Gasteiger partial charge >= 0.3 is 0 Å². The fraction of sp³-hybridized carbons (Fsp3) is 0.529. The second kappa shape index (κ2) is 4.81. The van der Waals surface area contributed by atoms with Gasteiger partial charge in [-0.3, -0.25) is 4.79 Å². The van der Waals surface area contributed by atoms with Crippen LogP contribution in [0.4, 0.5) is 0 Å². The molecule has 5 heteroatoms. The predicted molar refractivity (Wildman–Crippen MR) is 81.7 cm³/mol. The van der Waals surface area contributed by atoms with E-state index >= 15 is 0 Å². The van der Waals surface area contributed by atoms with E-state index < -0.39 is 0 Å². The van der Waals surface area contributed by atoms with Crippen molar-refractivity contribution in [3.63, 3.8) is 0 Å². The van der Waals surface area contributed by atoms with Crippen molar-refractivity contribution in [2.24, 2.45) is 5.92 Å². The first-order valence-corrected chi connectivity index (χ1v) is 7.85. The van der Waals surface area contributed by atoms with Crippen molar-refractivity contribution in [3.8, 4) is 0 Å². The molecule has 3 heterocycles. The molecule has 2 aliphatic rings. The zero-order valence-electron chi connectivity index (χ0n) is 13.0. The van der Waals surface area contributed by atoms with Crippen molar-refractivity contribution in [3.05, 3.63) is 29.7 Å². The van der Waals surface area contributed by atoms with Crippen molar-refractivity contribution in [1.29, 1.82) is 0 Å².